The molecule has 0 aromatic heterocycles. The number of carbonyl (C=O) groups excluding carboxylic acids is 2. The van der Waals surface area contributed by atoms with Gasteiger partial charge in [-0.15, -0.1) is 0 Å². The Morgan fingerprint density at radius 1 is 1.16 bits per heavy atom. The number of hydrogen-bond acceptors (Lipinski definition) is 3. The summed E-state index contributed by atoms with van der Waals surface area (Å²) in [6, 6.07) is 11.5. The molecule has 1 fully saturated rings. The molecular weight excluding hydrogens is 321 g/mol. The molecule has 4 nitrogen and oxygen atoms in total. The van der Waals surface area contributed by atoms with E-state index >= 15 is 0 Å². The summed E-state index contributed by atoms with van der Waals surface area (Å²) in [4.78, 5) is 25.9. The van der Waals surface area contributed by atoms with E-state index < -0.39 is 0 Å². The van der Waals surface area contributed by atoms with Crippen LogP contribution in [0.5, 0.6) is 5.75 Å². The van der Waals surface area contributed by atoms with Gasteiger partial charge in [0.05, 0.1) is 5.92 Å². The Morgan fingerprint density at radius 2 is 1.88 bits per heavy atom. The van der Waals surface area contributed by atoms with E-state index in [4.69, 9.17) is 4.74 Å². The summed E-state index contributed by atoms with van der Waals surface area (Å²) in [6.07, 6.45) is 0.579. The van der Waals surface area contributed by atoms with Crippen LogP contribution >= 0.6 is 0 Å². The summed E-state index contributed by atoms with van der Waals surface area (Å²) >= 11 is 0. The summed E-state index contributed by atoms with van der Waals surface area (Å²) in [5.41, 5.74) is 1.78. The summed E-state index contributed by atoms with van der Waals surface area (Å²) in [5.74, 6) is -0.946. The van der Waals surface area contributed by atoms with Gasteiger partial charge in [0.15, 0.2) is 0 Å². The van der Waals surface area contributed by atoms with Crippen molar-refractivity contribution in [2.45, 2.75) is 19.3 Å². The molecule has 1 aliphatic rings. The fourth-order valence-corrected chi connectivity index (χ4v) is 2.86. The van der Waals surface area contributed by atoms with Crippen molar-refractivity contribution in [1.29, 1.82) is 0 Å². The van der Waals surface area contributed by atoms with Crippen LogP contribution in [0.3, 0.4) is 0 Å². The lowest BCUT2D eigenvalue weighted by Gasteiger charge is -2.13. The first-order chi connectivity index (χ1) is 11.9. The molecule has 2 unspecified atom stereocenters. The molecule has 130 valence electrons. The number of benzene rings is 2. The van der Waals surface area contributed by atoms with E-state index in [0.29, 0.717) is 23.3 Å². The quantitative estimate of drug-likeness (QED) is 0.631. The fraction of sp³-hybridized carbons (Fsp3) is 0.300. The van der Waals surface area contributed by atoms with E-state index in [1.807, 2.05) is 6.92 Å². The van der Waals surface area contributed by atoms with E-state index in [1.165, 1.54) is 11.0 Å². The molecule has 5 heteroatoms. The standard InChI is InChI=1S/C20H20FNO3/c1-12-8-9-13(19(23)22(2)3)10-18(12)25-20(24)16-11-15(16)14-6-4-5-7-17(14)21/h4-10,15-16H,11H2,1-3H3. The van der Waals surface area contributed by atoms with Crippen LogP contribution in [0.4, 0.5) is 4.39 Å². The normalized spacial score (nSPS) is 18.6. The minimum absolute atomic E-state index is 0.138. The average molecular weight is 341 g/mol. The molecule has 3 rings (SSSR count). The maximum absolute atomic E-state index is 13.8. The highest BCUT2D eigenvalue weighted by Gasteiger charge is 2.46. The number of hydrogen-bond donors (Lipinski definition) is 0. The largest absolute Gasteiger partial charge is 0.426 e. The number of ether oxygens (including phenoxy) is 1. The van der Waals surface area contributed by atoms with Crippen LogP contribution in [-0.2, 0) is 4.79 Å². The average Bonchev–Trinajstić information content (AvgIpc) is 3.37. The smallest absolute Gasteiger partial charge is 0.314 e. The number of aryl methyl sites for hydroxylation is 1. The first-order valence-corrected chi connectivity index (χ1v) is 8.17. The summed E-state index contributed by atoms with van der Waals surface area (Å²) in [5, 5.41) is 0. The third-order valence-electron chi connectivity index (χ3n) is 4.45. The van der Waals surface area contributed by atoms with Gasteiger partial charge in [0.1, 0.15) is 11.6 Å². The van der Waals surface area contributed by atoms with Gasteiger partial charge >= 0.3 is 5.97 Å². The van der Waals surface area contributed by atoms with Gasteiger partial charge in [-0.05, 0) is 42.7 Å². The van der Waals surface area contributed by atoms with Crippen LogP contribution in [0.15, 0.2) is 42.5 Å². The predicted octanol–water partition coefficient (Wildman–Crippen LogP) is 3.55. The van der Waals surface area contributed by atoms with Crippen LogP contribution in [0.1, 0.15) is 33.8 Å². The molecular formula is C20H20FNO3. The van der Waals surface area contributed by atoms with E-state index in [9.17, 15) is 14.0 Å². The number of nitrogens with zero attached hydrogens (tertiary/aromatic N) is 1. The van der Waals surface area contributed by atoms with Crippen LogP contribution < -0.4 is 4.74 Å². The Labute approximate surface area is 146 Å². The first kappa shape index (κ1) is 17.1. The van der Waals surface area contributed by atoms with Crippen LogP contribution in [-0.4, -0.2) is 30.9 Å². The highest BCUT2D eigenvalue weighted by Crippen LogP contribution is 2.49. The summed E-state index contributed by atoms with van der Waals surface area (Å²) < 4.78 is 19.3. The molecule has 0 saturated heterocycles. The Balaban J connectivity index is 1.73. The van der Waals surface area contributed by atoms with Gasteiger partial charge in [-0.2, -0.15) is 0 Å². The van der Waals surface area contributed by atoms with Crippen molar-refractivity contribution >= 4 is 11.9 Å². The lowest BCUT2D eigenvalue weighted by atomic mass is 10.1. The molecule has 1 saturated carbocycles. The molecule has 2 aromatic carbocycles. The second-order valence-corrected chi connectivity index (χ2v) is 6.57. The highest BCUT2D eigenvalue weighted by atomic mass is 19.1. The van der Waals surface area contributed by atoms with Crippen LogP contribution in [0.25, 0.3) is 0 Å². The predicted molar refractivity (Wildman–Crippen MR) is 92.1 cm³/mol. The molecule has 1 aliphatic carbocycles. The second-order valence-electron chi connectivity index (χ2n) is 6.57. The van der Waals surface area contributed by atoms with Crippen LogP contribution in [0, 0.1) is 18.7 Å². The molecule has 2 atom stereocenters. The molecule has 0 aliphatic heterocycles. The maximum atomic E-state index is 13.8. The SMILES string of the molecule is Cc1ccc(C(=O)N(C)C)cc1OC(=O)C1CC1c1ccccc1F. The van der Waals surface area contributed by atoms with Gasteiger partial charge in [-0.3, -0.25) is 9.59 Å². The number of rotatable bonds is 4. The minimum Gasteiger partial charge on any atom is -0.426 e. The third-order valence-corrected chi connectivity index (χ3v) is 4.45. The second kappa shape index (κ2) is 6.67. The Kier molecular flexibility index (Phi) is 4.57. The topological polar surface area (TPSA) is 46.6 Å². The fourth-order valence-electron chi connectivity index (χ4n) is 2.86. The van der Waals surface area contributed by atoms with Gasteiger partial charge in [-0.25, -0.2) is 4.39 Å². The molecule has 1 amide bonds. The van der Waals surface area contributed by atoms with Crippen molar-refractivity contribution in [2.24, 2.45) is 5.92 Å². The van der Waals surface area contributed by atoms with Crippen molar-refractivity contribution in [2.75, 3.05) is 14.1 Å². The van der Waals surface area contributed by atoms with E-state index in [2.05, 4.69) is 0 Å². The maximum Gasteiger partial charge on any atom is 0.314 e. The van der Waals surface area contributed by atoms with Crippen molar-refractivity contribution in [3.05, 3.63) is 65.0 Å². The summed E-state index contributed by atoms with van der Waals surface area (Å²) in [7, 11) is 3.33. The van der Waals surface area contributed by atoms with Gasteiger partial charge in [0.2, 0.25) is 0 Å². The molecule has 0 bridgehead atoms. The van der Waals surface area contributed by atoms with Gasteiger partial charge in [0.25, 0.3) is 5.91 Å². The summed E-state index contributed by atoms with van der Waals surface area (Å²) in [6.45, 7) is 1.81. The van der Waals surface area contributed by atoms with Crippen LogP contribution in [0.2, 0.25) is 0 Å². The highest BCUT2D eigenvalue weighted by molar-refractivity contribution is 5.94. The van der Waals surface area contributed by atoms with Gasteiger partial charge in [-0.1, -0.05) is 24.3 Å². The van der Waals surface area contributed by atoms with Crippen molar-refractivity contribution in [1.82, 2.24) is 4.90 Å². The van der Waals surface area contributed by atoms with Crippen molar-refractivity contribution in [3.8, 4) is 5.75 Å². The number of carbonyl (C=O) groups is 2. The third kappa shape index (κ3) is 3.55. The van der Waals surface area contributed by atoms with E-state index in [0.717, 1.165) is 5.56 Å². The number of amides is 1. The van der Waals surface area contributed by atoms with Gasteiger partial charge in [0, 0.05) is 25.6 Å². The number of esters is 1. The molecule has 0 radical (unpaired) electrons. The Bertz CT molecular complexity index is 831. The zero-order chi connectivity index (χ0) is 18.1. The molecule has 0 heterocycles. The van der Waals surface area contributed by atoms with E-state index in [-0.39, 0.29) is 29.5 Å². The molecule has 25 heavy (non-hydrogen) atoms. The van der Waals surface area contributed by atoms with Gasteiger partial charge < -0.3 is 9.64 Å². The van der Waals surface area contributed by atoms with Crippen molar-refractivity contribution < 1.29 is 18.7 Å². The monoisotopic (exact) mass is 341 g/mol. The molecule has 0 spiro atoms. The molecule has 0 N–H and O–H groups in total. The Hall–Kier alpha value is -2.69. The molecule has 2 aromatic rings. The lowest BCUT2D eigenvalue weighted by Crippen LogP contribution is -2.22. The zero-order valence-corrected chi connectivity index (χ0v) is 14.5. The first-order valence-electron chi connectivity index (χ1n) is 8.17. The zero-order valence-electron chi connectivity index (χ0n) is 14.5. The minimum atomic E-state index is -0.384. The Morgan fingerprint density at radius 3 is 2.56 bits per heavy atom. The number of halogens is 1. The lowest BCUT2D eigenvalue weighted by molar-refractivity contribution is -0.136. The van der Waals surface area contributed by atoms with Crippen molar-refractivity contribution in [3.63, 3.8) is 0 Å². The van der Waals surface area contributed by atoms with E-state index in [1.54, 1.807) is 50.5 Å².